The van der Waals surface area contributed by atoms with Crippen molar-refractivity contribution in [3.05, 3.63) is 12.2 Å². The number of hydrogen-bond donors (Lipinski definition) is 1. The molecule has 2 unspecified atom stereocenters. The summed E-state index contributed by atoms with van der Waals surface area (Å²) >= 11 is 1.56. The second-order valence-electron chi connectivity index (χ2n) is 5.57. The molecule has 2 fully saturated rings. The van der Waals surface area contributed by atoms with E-state index in [-0.39, 0.29) is 17.3 Å². The van der Waals surface area contributed by atoms with Crippen molar-refractivity contribution in [3.8, 4) is 0 Å². The number of rotatable bonds is 2. The monoisotopic (exact) mass is 286 g/mol. The van der Waals surface area contributed by atoms with Crippen LogP contribution in [0.4, 0.5) is 0 Å². The van der Waals surface area contributed by atoms with Crippen LogP contribution in [-0.2, 0) is 14.0 Å². The third kappa shape index (κ3) is 2.22. The normalized spacial score (nSPS) is 31.8. The molecule has 2 aliphatic heterocycles. The predicted octanol–water partition coefficient (Wildman–Crippen LogP) is 0.532. The van der Waals surface area contributed by atoms with Crippen molar-refractivity contribution in [2.45, 2.75) is 37.1 Å². The summed E-state index contributed by atoms with van der Waals surface area (Å²) in [5.74, 6) is 0.101. The number of carbonyl (C=O) groups excluding carboxylic acids is 2. The van der Waals surface area contributed by atoms with Gasteiger partial charge in [0.2, 0.25) is 14.2 Å². The van der Waals surface area contributed by atoms with Crippen LogP contribution in [0.5, 0.6) is 0 Å². The average Bonchev–Trinajstić information content (AvgIpc) is 2.25. The first-order chi connectivity index (χ1) is 8.22. The number of thioether (sulfide) groups is 1. The zero-order chi connectivity index (χ0) is 13.7. The van der Waals surface area contributed by atoms with Crippen molar-refractivity contribution in [2.24, 2.45) is 5.73 Å². The van der Waals surface area contributed by atoms with Gasteiger partial charge in [0.25, 0.3) is 0 Å². The van der Waals surface area contributed by atoms with Gasteiger partial charge in [-0.2, -0.15) is 0 Å². The van der Waals surface area contributed by atoms with Crippen molar-refractivity contribution in [3.63, 3.8) is 0 Å². The standard InChI is InChI=1S/C11H18N2O3SSi/c1-6-5-17-10-7(12)9(14)13(10)8(6)11(15)16-18(2,3)4/h7-8,10H,1,5,12H2,2-4H3/t7?,8?,10-/m0/s1. The van der Waals surface area contributed by atoms with Gasteiger partial charge in [0.15, 0.2) is 6.04 Å². The summed E-state index contributed by atoms with van der Waals surface area (Å²) in [6.45, 7) is 9.69. The van der Waals surface area contributed by atoms with Gasteiger partial charge < -0.3 is 15.1 Å². The van der Waals surface area contributed by atoms with E-state index in [1.807, 2.05) is 19.6 Å². The van der Waals surface area contributed by atoms with Crippen LogP contribution in [0.25, 0.3) is 0 Å². The fraction of sp³-hybridized carbons (Fsp3) is 0.636. The molecule has 5 nitrogen and oxygen atoms in total. The van der Waals surface area contributed by atoms with Gasteiger partial charge >= 0.3 is 5.97 Å². The van der Waals surface area contributed by atoms with Crippen LogP contribution >= 0.6 is 11.8 Å². The van der Waals surface area contributed by atoms with E-state index >= 15 is 0 Å². The maximum absolute atomic E-state index is 12.2. The van der Waals surface area contributed by atoms with Crippen molar-refractivity contribution in [2.75, 3.05) is 5.75 Å². The molecule has 0 saturated carbocycles. The highest BCUT2D eigenvalue weighted by molar-refractivity contribution is 8.00. The first-order valence-corrected chi connectivity index (χ1v) is 10.3. The molecule has 0 bridgehead atoms. The highest BCUT2D eigenvalue weighted by atomic mass is 32.2. The SMILES string of the molecule is C=C1CS[C@H]2C(N)C(=O)N2C1C(=O)O[Si](C)(C)C. The summed E-state index contributed by atoms with van der Waals surface area (Å²) < 4.78 is 5.48. The van der Waals surface area contributed by atoms with Crippen molar-refractivity contribution < 1.29 is 14.0 Å². The lowest BCUT2D eigenvalue weighted by Gasteiger charge is -2.51. The minimum Gasteiger partial charge on any atom is -0.518 e. The highest BCUT2D eigenvalue weighted by Gasteiger charge is 2.54. The van der Waals surface area contributed by atoms with Gasteiger partial charge in [-0.25, -0.2) is 0 Å². The number of nitrogens with two attached hydrogens (primary N) is 1. The second kappa shape index (κ2) is 4.39. The molecule has 2 heterocycles. The van der Waals surface area contributed by atoms with Gasteiger partial charge in [0, 0.05) is 5.75 Å². The van der Waals surface area contributed by atoms with Crippen LogP contribution in [0.3, 0.4) is 0 Å². The van der Waals surface area contributed by atoms with E-state index < -0.39 is 20.4 Å². The molecule has 1 amide bonds. The van der Waals surface area contributed by atoms with E-state index in [4.69, 9.17) is 10.2 Å². The largest absolute Gasteiger partial charge is 0.518 e. The number of hydrogen-bond acceptors (Lipinski definition) is 5. The van der Waals surface area contributed by atoms with E-state index in [1.54, 1.807) is 11.8 Å². The second-order valence-corrected chi connectivity index (χ2v) is 11.1. The molecule has 0 aromatic rings. The fourth-order valence-corrected chi connectivity index (χ4v) is 4.04. The molecular weight excluding hydrogens is 268 g/mol. The highest BCUT2D eigenvalue weighted by Crippen LogP contribution is 2.39. The molecule has 0 aromatic heterocycles. The summed E-state index contributed by atoms with van der Waals surface area (Å²) in [5, 5.41) is -0.109. The van der Waals surface area contributed by atoms with Crippen LogP contribution in [-0.4, -0.2) is 48.3 Å². The van der Waals surface area contributed by atoms with Crippen LogP contribution < -0.4 is 5.73 Å². The number of amides is 1. The van der Waals surface area contributed by atoms with E-state index in [2.05, 4.69) is 6.58 Å². The summed E-state index contributed by atoms with van der Waals surface area (Å²) in [6.07, 6.45) is 0. The molecule has 0 aliphatic carbocycles. The molecule has 100 valence electrons. The lowest BCUT2D eigenvalue weighted by Crippen LogP contribution is -2.73. The van der Waals surface area contributed by atoms with Gasteiger partial charge in [-0.15, -0.1) is 11.8 Å². The lowest BCUT2D eigenvalue weighted by molar-refractivity contribution is -0.157. The van der Waals surface area contributed by atoms with Crippen LogP contribution in [0.2, 0.25) is 19.6 Å². The Morgan fingerprint density at radius 1 is 1.56 bits per heavy atom. The van der Waals surface area contributed by atoms with Crippen molar-refractivity contribution in [1.29, 1.82) is 0 Å². The first-order valence-electron chi connectivity index (χ1n) is 5.82. The van der Waals surface area contributed by atoms with E-state index in [0.717, 1.165) is 5.57 Å². The summed E-state index contributed by atoms with van der Waals surface area (Å²) in [7, 11) is -1.97. The Morgan fingerprint density at radius 2 is 2.17 bits per heavy atom. The van der Waals surface area contributed by atoms with Crippen LogP contribution in [0, 0.1) is 0 Å². The van der Waals surface area contributed by atoms with Crippen molar-refractivity contribution >= 4 is 32.0 Å². The van der Waals surface area contributed by atoms with Gasteiger partial charge in [-0.1, -0.05) is 6.58 Å². The molecule has 0 radical (unpaired) electrons. The van der Waals surface area contributed by atoms with E-state index in [1.165, 1.54) is 4.90 Å². The summed E-state index contributed by atoms with van der Waals surface area (Å²) in [4.78, 5) is 25.5. The Hall–Kier alpha value is -0.793. The Morgan fingerprint density at radius 3 is 2.72 bits per heavy atom. The minimum absolute atomic E-state index is 0.109. The molecule has 2 rings (SSSR count). The minimum atomic E-state index is -1.97. The number of carbonyl (C=O) groups is 2. The number of nitrogens with zero attached hydrogens (tertiary/aromatic N) is 1. The molecule has 2 N–H and O–H groups in total. The maximum atomic E-state index is 12.2. The topological polar surface area (TPSA) is 72.6 Å². The van der Waals surface area contributed by atoms with Gasteiger partial charge in [-0.3, -0.25) is 9.59 Å². The zero-order valence-corrected chi connectivity index (χ0v) is 12.6. The number of β-lactam (4-membered cyclic amide) rings is 1. The summed E-state index contributed by atoms with van der Waals surface area (Å²) in [6, 6.07) is -1.14. The molecule has 2 aliphatic rings. The van der Waals surface area contributed by atoms with Gasteiger partial charge in [0.1, 0.15) is 11.4 Å². The molecule has 2 saturated heterocycles. The average molecular weight is 286 g/mol. The summed E-state index contributed by atoms with van der Waals surface area (Å²) in [5.41, 5.74) is 6.45. The third-order valence-corrected chi connectivity index (χ3v) is 5.07. The molecule has 3 atom stereocenters. The predicted molar refractivity (Wildman–Crippen MR) is 73.4 cm³/mol. The quantitative estimate of drug-likeness (QED) is 0.455. The Labute approximate surface area is 112 Å². The third-order valence-electron chi connectivity index (χ3n) is 2.86. The van der Waals surface area contributed by atoms with Crippen molar-refractivity contribution in [1.82, 2.24) is 4.90 Å². The number of fused-ring (bicyclic) bond motifs is 1. The van der Waals surface area contributed by atoms with Crippen LogP contribution in [0.1, 0.15) is 0 Å². The smallest absolute Gasteiger partial charge is 0.319 e. The molecule has 0 spiro atoms. The molecule has 0 aromatic carbocycles. The lowest BCUT2D eigenvalue weighted by atomic mass is 9.99. The van der Waals surface area contributed by atoms with Crippen LogP contribution in [0.15, 0.2) is 12.2 Å². The van der Waals surface area contributed by atoms with E-state index in [9.17, 15) is 9.59 Å². The molecule has 18 heavy (non-hydrogen) atoms. The molecular formula is C11H18N2O3SSi. The zero-order valence-electron chi connectivity index (χ0n) is 10.8. The fourth-order valence-electron chi connectivity index (χ4n) is 2.07. The Kier molecular flexibility index (Phi) is 3.33. The van der Waals surface area contributed by atoms with Gasteiger partial charge in [0.05, 0.1) is 0 Å². The molecule has 7 heteroatoms. The Balaban J connectivity index is 2.17. The maximum Gasteiger partial charge on any atom is 0.319 e. The van der Waals surface area contributed by atoms with Gasteiger partial charge in [-0.05, 0) is 25.2 Å². The van der Waals surface area contributed by atoms with E-state index in [0.29, 0.717) is 5.75 Å². The Bertz CT molecular complexity index is 421. The first kappa shape index (κ1) is 13.6.